The highest BCUT2D eigenvalue weighted by Crippen LogP contribution is 2.25. The highest BCUT2D eigenvalue weighted by Gasteiger charge is 2.26. The molecule has 3 aromatic carbocycles. The van der Waals surface area contributed by atoms with E-state index in [0.717, 1.165) is 54.9 Å². The Morgan fingerprint density at radius 1 is 1.03 bits per heavy atom. The number of aryl methyl sites for hydroxylation is 1. The minimum atomic E-state index is -0.251. The fraction of sp³-hybridized carbons (Fsp3) is 0.310. The van der Waals surface area contributed by atoms with Gasteiger partial charge < -0.3 is 5.32 Å². The lowest BCUT2D eigenvalue weighted by Gasteiger charge is -2.31. The van der Waals surface area contributed by atoms with Gasteiger partial charge in [0, 0.05) is 18.2 Å². The predicted octanol–water partition coefficient (Wildman–Crippen LogP) is 5.04. The largest absolute Gasteiger partial charge is 0.356 e. The SMILES string of the molecule is Cc1cccc(CCNC(=O)C2CCN(Cc3nc4ccccc4n3-c3ccc(F)cc3)CC2)c1. The first-order chi connectivity index (χ1) is 17.1. The van der Waals surface area contributed by atoms with Gasteiger partial charge >= 0.3 is 0 Å². The van der Waals surface area contributed by atoms with Crippen LogP contribution >= 0.6 is 0 Å². The number of carbonyl (C=O) groups excluding carboxylic acids is 1. The van der Waals surface area contributed by atoms with Crippen LogP contribution in [0.5, 0.6) is 0 Å². The number of piperidine rings is 1. The van der Waals surface area contributed by atoms with E-state index in [-0.39, 0.29) is 17.6 Å². The second-order valence-corrected chi connectivity index (χ2v) is 9.41. The molecule has 4 aromatic rings. The zero-order valence-corrected chi connectivity index (χ0v) is 20.1. The molecule has 1 fully saturated rings. The smallest absolute Gasteiger partial charge is 0.223 e. The van der Waals surface area contributed by atoms with Crippen molar-refractivity contribution in [2.24, 2.45) is 5.92 Å². The van der Waals surface area contributed by atoms with Crippen LogP contribution in [0.2, 0.25) is 0 Å². The molecule has 5 nitrogen and oxygen atoms in total. The molecule has 6 heteroatoms. The van der Waals surface area contributed by atoms with Gasteiger partial charge in [-0.25, -0.2) is 9.37 Å². The molecule has 2 heterocycles. The Bertz CT molecular complexity index is 1310. The summed E-state index contributed by atoms with van der Waals surface area (Å²) in [5, 5.41) is 3.13. The fourth-order valence-corrected chi connectivity index (χ4v) is 4.96. The monoisotopic (exact) mass is 470 g/mol. The maximum absolute atomic E-state index is 13.5. The molecular weight excluding hydrogens is 439 g/mol. The van der Waals surface area contributed by atoms with E-state index in [1.807, 2.05) is 24.3 Å². The van der Waals surface area contributed by atoms with Crippen molar-refractivity contribution in [3.05, 3.63) is 95.6 Å². The number of halogens is 1. The quantitative estimate of drug-likeness (QED) is 0.412. The molecule has 1 saturated heterocycles. The first-order valence-corrected chi connectivity index (χ1v) is 12.3. The summed E-state index contributed by atoms with van der Waals surface area (Å²) >= 11 is 0. The third-order valence-electron chi connectivity index (χ3n) is 6.83. The van der Waals surface area contributed by atoms with Crippen LogP contribution in [0.3, 0.4) is 0 Å². The van der Waals surface area contributed by atoms with Gasteiger partial charge in [-0.2, -0.15) is 0 Å². The second kappa shape index (κ2) is 10.4. The van der Waals surface area contributed by atoms with Crippen molar-refractivity contribution in [1.29, 1.82) is 0 Å². The van der Waals surface area contributed by atoms with E-state index in [1.165, 1.54) is 23.3 Å². The van der Waals surface area contributed by atoms with Crippen molar-refractivity contribution in [3.8, 4) is 5.69 Å². The van der Waals surface area contributed by atoms with Crippen molar-refractivity contribution in [2.75, 3.05) is 19.6 Å². The molecule has 5 rings (SSSR count). The van der Waals surface area contributed by atoms with Gasteiger partial charge in [-0.15, -0.1) is 0 Å². The molecule has 0 spiro atoms. The number of para-hydroxylation sites is 2. The van der Waals surface area contributed by atoms with E-state index >= 15 is 0 Å². The average Bonchev–Trinajstić information content (AvgIpc) is 3.23. The summed E-state index contributed by atoms with van der Waals surface area (Å²) in [7, 11) is 0. The number of likely N-dealkylation sites (tertiary alicyclic amines) is 1. The van der Waals surface area contributed by atoms with Gasteiger partial charge in [-0.05, 0) is 81.2 Å². The Labute approximate surface area is 205 Å². The van der Waals surface area contributed by atoms with Crippen LogP contribution in [0.15, 0.2) is 72.8 Å². The van der Waals surface area contributed by atoms with E-state index in [4.69, 9.17) is 4.98 Å². The number of fused-ring (bicyclic) bond motifs is 1. The van der Waals surface area contributed by atoms with E-state index in [9.17, 15) is 9.18 Å². The van der Waals surface area contributed by atoms with Crippen LogP contribution in [-0.2, 0) is 17.8 Å². The van der Waals surface area contributed by atoms with Crippen molar-refractivity contribution >= 4 is 16.9 Å². The zero-order valence-electron chi connectivity index (χ0n) is 20.1. The van der Waals surface area contributed by atoms with Gasteiger partial charge in [0.05, 0.1) is 17.6 Å². The Hall–Kier alpha value is -3.51. The Balaban J connectivity index is 1.20. The lowest BCUT2D eigenvalue weighted by Crippen LogP contribution is -2.41. The number of carbonyl (C=O) groups is 1. The van der Waals surface area contributed by atoms with Gasteiger partial charge in [0.1, 0.15) is 11.6 Å². The molecule has 1 N–H and O–H groups in total. The van der Waals surface area contributed by atoms with E-state index in [2.05, 4.69) is 46.0 Å². The van der Waals surface area contributed by atoms with Gasteiger partial charge in [0.15, 0.2) is 0 Å². The number of hydrogen-bond donors (Lipinski definition) is 1. The molecular formula is C29H31FN4O. The summed E-state index contributed by atoms with van der Waals surface area (Å²) < 4.78 is 15.6. The summed E-state index contributed by atoms with van der Waals surface area (Å²) in [6.07, 6.45) is 2.53. The molecule has 1 amide bonds. The van der Waals surface area contributed by atoms with E-state index < -0.39 is 0 Å². The first-order valence-electron chi connectivity index (χ1n) is 12.3. The molecule has 0 radical (unpaired) electrons. The summed E-state index contributed by atoms with van der Waals surface area (Å²) in [6.45, 7) is 5.15. The summed E-state index contributed by atoms with van der Waals surface area (Å²) in [5.74, 6) is 0.897. The Morgan fingerprint density at radius 3 is 2.57 bits per heavy atom. The van der Waals surface area contributed by atoms with Crippen LogP contribution in [-0.4, -0.2) is 40.0 Å². The Morgan fingerprint density at radius 2 is 1.80 bits per heavy atom. The molecule has 35 heavy (non-hydrogen) atoms. The standard InChI is InChI=1S/C29H31FN4O/c1-21-5-4-6-22(19-21)13-16-31-29(35)23-14-17-33(18-15-23)20-28-32-26-7-2-3-8-27(26)34(28)25-11-9-24(30)10-12-25/h2-12,19,23H,13-18,20H2,1H3,(H,31,35). The molecule has 1 aliphatic heterocycles. The lowest BCUT2D eigenvalue weighted by atomic mass is 9.96. The highest BCUT2D eigenvalue weighted by atomic mass is 19.1. The normalized spacial score (nSPS) is 14.9. The van der Waals surface area contributed by atoms with Crippen molar-refractivity contribution in [3.63, 3.8) is 0 Å². The van der Waals surface area contributed by atoms with Crippen LogP contribution in [0.25, 0.3) is 16.7 Å². The molecule has 0 unspecified atom stereocenters. The van der Waals surface area contributed by atoms with Gasteiger partial charge in [-0.3, -0.25) is 14.3 Å². The third-order valence-corrected chi connectivity index (χ3v) is 6.83. The number of aromatic nitrogens is 2. The number of nitrogens with one attached hydrogen (secondary N) is 1. The van der Waals surface area contributed by atoms with Crippen molar-refractivity contribution < 1.29 is 9.18 Å². The molecule has 0 aliphatic carbocycles. The molecule has 1 aliphatic rings. The fourth-order valence-electron chi connectivity index (χ4n) is 4.96. The molecule has 0 saturated carbocycles. The number of hydrogen-bond acceptors (Lipinski definition) is 3. The molecule has 0 bridgehead atoms. The van der Waals surface area contributed by atoms with Gasteiger partial charge in [-0.1, -0.05) is 42.0 Å². The number of imidazole rings is 1. The zero-order chi connectivity index (χ0) is 24.2. The predicted molar refractivity (Wildman–Crippen MR) is 137 cm³/mol. The first kappa shape index (κ1) is 23.2. The third kappa shape index (κ3) is 5.43. The summed E-state index contributed by atoms with van der Waals surface area (Å²) in [4.78, 5) is 20.0. The van der Waals surface area contributed by atoms with Crippen molar-refractivity contribution in [1.82, 2.24) is 19.8 Å². The topological polar surface area (TPSA) is 50.2 Å². The maximum Gasteiger partial charge on any atom is 0.223 e. The van der Waals surface area contributed by atoms with Crippen LogP contribution in [0, 0.1) is 18.7 Å². The van der Waals surface area contributed by atoms with Gasteiger partial charge in [0.25, 0.3) is 0 Å². The van der Waals surface area contributed by atoms with Crippen LogP contribution < -0.4 is 5.32 Å². The number of amides is 1. The van der Waals surface area contributed by atoms with E-state index in [1.54, 1.807) is 12.1 Å². The number of benzene rings is 3. The van der Waals surface area contributed by atoms with Crippen LogP contribution in [0.1, 0.15) is 29.8 Å². The molecule has 1 aromatic heterocycles. The van der Waals surface area contributed by atoms with E-state index in [0.29, 0.717) is 13.1 Å². The lowest BCUT2D eigenvalue weighted by molar-refractivity contribution is -0.126. The average molecular weight is 471 g/mol. The minimum absolute atomic E-state index is 0.0553. The molecule has 0 atom stereocenters. The number of rotatable bonds is 7. The Kier molecular flexibility index (Phi) is 6.91. The second-order valence-electron chi connectivity index (χ2n) is 9.41. The summed E-state index contributed by atoms with van der Waals surface area (Å²) in [6, 6.07) is 23.0. The molecule has 180 valence electrons. The summed E-state index contributed by atoms with van der Waals surface area (Å²) in [5.41, 5.74) is 5.34. The minimum Gasteiger partial charge on any atom is -0.356 e. The van der Waals surface area contributed by atoms with Crippen molar-refractivity contribution in [2.45, 2.75) is 32.7 Å². The number of nitrogens with zero attached hydrogens (tertiary/aromatic N) is 3. The van der Waals surface area contributed by atoms with Gasteiger partial charge in [0.2, 0.25) is 5.91 Å². The maximum atomic E-state index is 13.5. The van der Waals surface area contributed by atoms with Crippen LogP contribution in [0.4, 0.5) is 4.39 Å². The highest BCUT2D eigenvalue weighted by molar-refractivity contribution is 5.79.